The van der Waals surface area contributed by atoms with Gasteiger partial charge >= 0.3 is 0 Å². The first-order chi connectivity index (χ1) is 9.70. The van der Waals surface area contributed by atoms with Gasteiger partial charge in [-0.05, 0) is 19.1 Å². The molecule has 1 saturated heterocycles. The molecule has 4 rings (SSSR count). The molecule has 1 N–H and O–H groups in total. The number of benzene rings is 1. The molecule has 0 amide bonds. The minimum atomic E-state index is -0.386. The van der Waals surface area contributed by atoms with Gasteiger partial charge in [0.1, 0.15) is 11.3 Å². The molecule has 3 heterocycles. The van der Waals surface area contributed by atoms with E-state index in [2.05, 4.69) is 20.2 Å². The third kappa shape index (κ3) is 1.66. The summed E-state index contributed by atoms with van der Waals surface area (Å²) in [4.78, 5) is 10.6. The normalized spacial score (nSPS) is 15.8. The van der Waals surface area contributed by atoms with Crippen LogP contribution >= 0.6 is 0 Å². The van der Waals surface area contributed by atoms with Gasteiger partial charge in [0.2, 0.25) is 0 Å². The molecule has 6 nitrogen and oxygen atoms in total. The zero-order valence-corrected chi connectivity index (χ0v) is 10.8. The lowest BCUT2D eigenvalue weighted by Crippen LogP contribution is -2.45. The van der Waals surface area contributed by atoms with E-state index in [1.165, 1.54) is 6.07 Å². The average molecular weight is 273 g/mol. The van der Waals surface area contributed by atoms with Crippen molar-refractivity contribution in [1.29, 1.82) is 0 Å². The fraction of sp³-hybridized carbons (Fsp3) is 0.308. The van der Waals surface area contributed by atoms with Crippen molar-refractivity contribution in [3.63, 3.8) is 0 Å². The number of oxazole rings is 1. The molecule has 2 aromatic heterocycles. The summed E-state index contributed by atoms with van der Waals surface area (Å²) in [5.74, 6) is 1.49. The number of H-pyrrole nitrogens is 1. The van der Waals surface area contributed by atoms with Gasteiger partial charge in [-0.25, -0.2) is 9.37 Å². The first-order valence-electron chi connectivity index (χ1n) is 6.39. The van der Waals surface area contributed by atoms with Crippen molar-refractivity contribution in [3.05, 3.63) is 35.7 Å². The smallest absolute Gasteiger partial charge is 0.298 e. The molecule has 1 aliphatic rings. The van der Waals surface area contributed by atoms with Crippen molar-refractivity contribution >= 4 is 17.1 Å². The third-order valence-corrected chi connectivity index (χ3v) is 3.49. The van der Waals surface area contributed by atoms with Crippen molar-refractivity contribution in [1.82, 2.24) is 20.2 Å². The quantitative estimate of drug-likeness (QED) is 0.773. The van der Waals surface area contributed by atoms with Gasteiger partial charge in [-0.2, -0.15) is 10.1 Å². The lowest BCUT2D eigenvalue weighted by molar-refractivity contribution is 0.445. The lowest BCUT2D eigenvalue weighted by atomic mass is 10.0. The maximum Gasteiger partial charge on any atom is 0.298 e. The Morgan fingerprint density at radius 2 is 2.20 bits per heavy atom. The van der Waals surface area contributed by atoms with Gasteiger partial charge in [-0.15, -0.1) is 0 Å². The van der Waals surface area contributed by atoms with Crippen LogP contribution in [0.15, 0.2) is 22.6 Å². The number of nitrogens with one attached hydrogen (secondary N) is 1. The molecular weight excluding hydrogens is 261 g/mol. The number of rotatable bonds is 2. The first-order valence-corrected chi connectivity index (χ1v) is 6.39. The number of aromatic nitrogens is 4. The van der Waals surface area contributed by atoms with Crippen LogP contribution in [0.1, 0.15) is 17.6 Å². The molecule has 0 spiro atoms. The molecule has 1 aliphatic heterocycles. The van der Waals surface area contributed by atoms with Crippen LogP contribution in [0, 0.1) is 12.7 Å². The highest BCUT2D eigenvalue weighted by molar-refractivity contribution is 5.75. The zero-order valence-electron chi connectivity index (χ0n) is 10.8. The van der Waals surface area contributed by atoms with Gasteiger partial charge in [-0.1, -0.05) is 6.07 Å². The standard InChI is InChI=1S/C13H12FN5O/c1-7-15-12(18-17-7)8-5-19(6-8)13-16-10-4-2-3-9(14)11(10)20-13/h2-4,8H,5-6H2,1H3,(H,15,17,18). The number of anilines is 1. The topological polar surface area (TPSA) is 70.8 Å². The van der Waals surface area contributed by atoms with E-state index in [1.54, 1.807) is 12.1 Å². The van der Waals surface area contributed by atoms with E-state index in [-0.39, 0.29) is 17.3 Å². The van der Waals surface area contributed by atoms with Gasteiger partial charge in [0.25, 0.3) is 6.01 Å². The average Bonchev–Trinajstić information content (AvgIpc) is 2.95. The highest BCUT2D eigenvalue weighted by Gasteiger charge is 2.34. The van der Waals surface area contributed by atoms with E-state index in [0.29, 0.717) is 11.5 Å². The van der Waals surface area contributed by atoms with Crippen LogP contribution in [0.2, 0.25) is 0 Å². The van der Waals surface area contributed by atoms with Crippen LogP contribution in [0.25, 0.3) is 11.1 Å². The Labute approximate surface area is 113 Å². The molecule has 1 aromatic carbocycles. The fourth-order valence-corrected chi connectivity index (χ4v) is 2.38. The number of fused-ring (bicyclic) bond motifs is 1. The molecule has 7 heteroatoms. The number of aryl methyl sites for hydroxylation is 1. The fourth-order valence-electron chi connectivity index (χ4n) is 2.38. The van der Waals surface area contributed by atoms with Crippen molar-refractivity contribution in [2.24, 2.45) is 0 Å². The predicted octanol–water partition coefficient (Wildman–Crippen LogP) is 2.00. The summed E-state index contributed by atoms with van der Waals surface area (Å²) in [5.41, 5.74) is 0.747. The van der Waals surface area contributed by atoms with Crippen LogP contribution in [0.4, 0.5) is 10.4 Å². The SMILES string of the molecule is Cc1nc(C2CN(c3nc4cccc(F)c4o3)C2)n[nH]1. The molecule has 0 unspecified atom stereocenters. The minimum Gasteiger partial charge on any atom is -0.420 e. The van der Waals surface area contributed by atoms with E-state index in [4.69, 9.17) is 4.42 Å². The maximum atomic E-state index is 13.6. The van der Waals surface area contributed by atoms with Gasteiger partial charge in [0.15, 0.2) is 17.2 Å². The molecule has 0 aliphatic carbocycles. The number of para-hydroxylation sites is 1. The summed E-state index contributed by atoms with van der Waals surface area (Å²) in [6, 6.07) is 5.18. The summed E-state index contributed by atoms with van der Waals surface area (Å²) in [7, 11) is 0. The van der Waals surface area contributed by atoms with Crippen molar-refractivity contribution in [2.45, 2.75) is 12.8 Å². The lowest BCUT2D eigenvalue weighted by Gasteiger charge is -2.36. The Balaban J connectivity index is 1.56. The molecule has 1 fully saturated rings. The summed E-state index contributed by atoms with van der Waals surface area (Å²) < 4.78 is 19.0. The van der Waals surface area contributed by atoms with E-state index >= 15 is 0 Å². The van der Waals surface area contributed by atoms with Crippen LogP contribution in [-0.2, 0) is 0 Å². The van der Waals surface area contributed by atoms with Crippen molar-refractivity contribution in [2.75, 3.05) is 18.0 Å². The maximum absolute atomic E-state index is 13.6. The third-order valence-electron chi connectivity index (χ3n) is 3.49. The molecule has 0 saturated carbocycles. The molecule has 0 bridgehead atoms. The summed E-state index contributed by atoms with van der Waals surface area (Å²) in [6.07, 6.45) is 0. The highest BCUT2D eigenvalue weighted by atomic mass is 19.1. The Kier molecular flexibility index (Phi) is 2.29. The second-order valence-corrected chi connectivity index (χ2v) is 4.97. The van der Waals surface area contributed by atoms with Crippen LogP contribution in [-0.4, -0.2) is 33.3 Å². The molecule has 0 atom stereocenters. The molecule has 102 valence electrons. The van der Waals surface area contributed by atoms with E-state index in [9.17, 15) is 4.39 Å². The number of hydrogen-bond donors (Lipinski definition) is 1. The van der Waals surface area contributed by atoms with Gasteiger partial charge in [-0.3, -0.25) is 5.10 Å². The van der Waals surface area contributed by atoms with Crippen molar-refractivity contribution < 1.29 is 8.81 Å². The van der Waals surface area contributed by atoms with Gasteiger partial charge in [0.05, 0.1) is 5.92 Å². The van der Waals surface area contributed by atoms with E-state index < -0.39 is 0 Å². The van der Waals surface area contributed by atoms with Gasteiger partial charge < -0.3 is 9.32 Å². The van der Waals surface area contributed by atoms with Gasteiger partial charge in [0, 0.05) is 13.1 Å². The van der Waals surface area contributed by atoms with Crippen LogP contribution in [0.5, 0.6) is 0 Å². The molecule has 3 aromatic rings. The Morgan fingerprint density at radius 1 is 1.35 bits per heavy atom. The largest absolute Gasteiger partial charge is 0.420 e. The second kappa shape index (κ2) is 4.03. The molecular formula is C13H12FN5O. The van der Waals surface area contributed by atoms with E-state index in [0.717, 1.165) is 24.7 Å². The number of halogens is 1. The zero-order chi connectivity index (χ0) is 13.7. The second-order valence-electron chi connectivity index (χ2n) is 4.97. The molecule has 20 heavy (non-hydrogen) atoms. The highest BCUT2D eigenvalue weighted by Crippen LogP contribution is 2.32. The monoisotopic (exact) mass is 273 g/mol. The number of hydrogen-bond acceptors (Lipinski definition) is 5. The van der Waals surface area contributed by atoms with Crippen LogP contribution < -0.4 is 4.90 Å². The predicted molar refractivity (Wildman–Crippen MR) is 70.0 cm³/mol. The summed E-state index contributed by atoms with van der Waals surface area (Å²) in [5, 5.41) is 6.98. The Morgan fingerprint density at radius 3 is 2.90 bits per heavy atom. The number of aromatic amines is 1. The van der Waals surface area contributed by atoms with Crippen molar-refractivity contribution in [3.8, 4) is 0 Å². The summed E-state index contributed by atoms with van der Waals surface area (Å²) in [6.45, 7) is 3.33. The Bertz CT molecular complexity index is 774. The summed E-state index contributed by atoms with van der Waals surface area (Å²) >= 11 is 0. The molecule has 0 radical (unpaired) electrons. The van der Waals surface area contributed by atoms with E-state index in [1.807, 2.05) is 11.8 Å². The van der Waals surface area contributed by atoms with Crippen LogP contribution in [0.3, 0.4) is 0 Å². The minimum absolute atomic E-state index is 0.208. The number of nitrogens with zero attached hydrogens (tertiary/aromatic N) is 4. The first kappa shape index (κ1) is 11.4. The Hall–Kier alpha value is -2.44.